The molecule has 1 fully saturated rings. The molecule has 2 atom stereocenters. The van der Waals surface area contributed by atoms with Crippen molar-refractivity contribution in [2.75, 3.05) is 6.54 Å². The number of amides is 2. The first-order valence-corrected chi connectivity index (χ1v) is 7.58. The van der Waals surface area contributed by atoms with Crippen LogP contribution >= 0.6 is 0 Å². The highest BCUT2D eigenvalue weighted by molar-refractivity contribution is 5.90. The van der Waals surface area contributed by atoms with E-state index in [4.69, 9.17) is 0 Å². The molecule has 6 heteroatoms. The lowest BCUT2D eigenvalue weighted by atomic mass is 10.1. The van der Waals surface area contributed by atoms with Gasteiger partial charge in [-0.3, -0.25) is 14.3 Å². The van der Waals surface area contributed by atoms with Crippen molar-refractivity contribution < 1.29 is 9.59 Å². The average molecular weight is 292 g/mol. The molecular formula is C15H24N4O2. The number of rotatable bonds is 5. The van der Waals surface area contributed by atoms with E-state index >= 15 is 0 Å². The Morgan fingerprint density at radius 2 is 2.19 bits per heavy atom. The summed E-state index contributed by atoms with van der Waals surface area (Å²) in [7, 11) is 1.88. The molecule has 1 saturated heterocycles. The smallest absolute Gasteiger partial charge is 0.245 e. The van der Waals surface area contributed by atoms with Crippen molar-refractivity contribution >= 4 is 11.8 Å². The molecule has 0 aromatic carbocycles. The highest BCUT2D eigenvalue weighted by Crippen LogP contribution is 2.15. The van der Waals surface area contributed by atoms with Gasteiger partial charge in [0.05, 0.1) is 6.20 Å². The molecule has 1 N–H and O–H groups in total. The molecule has 2 heterocycles. The first-order chi connectivity index (χ1) is 10.0. The molecule has 0 saturated carbocycles. The van der Waals surface area contributed by atoms with E-state index in [1.54, 1.807) is 4.68 Å². The fourth-order valence-electron chi connectivity index (χ4n) is 2.78. The zero-order valence-corrected chi connectivity index (χ0v) is 13.0. The Bertz CT molecular complexity index is 512. The second-order valence-electron chi connectivity index (χ2n) is 5.77. The third-order valence-corrected chi connectivity index (χ3v) is 3.91. The van der Waals surface area contributed by atoms with E-state index in [-0.39, 0.29) is 23.9 Å². The van der Waals surface area contributed by atoms with Gasteiger partial charge in [-0.25, -0.2) is 0 Å². The van der Waals surface area contributed by atoms with E-state index in [0.717, 1.165) is 18.4 Å². The SMILES string of the molecule is CCCC1NC(=O)CC(C)N(CCc2cnn(C)c2)C1=O. The van der Waals surface area contributed by atoms with Crippen LogP contribution in [-0.4, -0.2) is 45.1 Å². The van der Waals surface area contributed by atoms with Crippen LogP contribution in [0.15, 0.2) is 12.4 Å². The van der Waals surface area contributed by atoms with Gasteiger partial charge in [0.2, 0.25) is 11.8 Å². The molecule has 1 aliphatic heterocycles. The van der Waals surface area contributed by atoms with E-state index in [1.165, 1.54) is 0 Å². The maximum Gasteiger partial charge on any atom is 0.245 e. The summed E-state index contributed by atoms with van der Waals surface area (Å²) in [6.45, 7) is 4.59. The molecule has 21 heavy (non-hydrogen) atoms. The summed E-state index contributed by atoms with van der Waals surface area (Å²) < 4.78 is 1.76. The zero-order chi connectivity index (χ0) is 15.4. The molecule has 0 spiro atoms. The van der Waals surface area contributed by atoms with E-state index in [1.807, 2.05) is 38.2 Å². The number of hydrogen-bond acceptors (Lipinski definition) is 3. The molecule has 1 aliphatic rings. The normalized spacial score (nSPS) is 23.1. The summed E-state index contributed by atoms with van der Waals surface area (Å²) >= 11 is 0. The molecule has 2 amide bonds. The second kappa shape index (κ2) is 6.74. The Hall–Kier alpha value is -1.85. The van der Waals surface area contributed by atoms with E-state index in [9.17, 15) is 9.59 Å². The molecule has 1 aromatic rings. The lowest BCUT2D eigenvalue weighted by molar-refractivity contribution is -0.135. The van der Waals surface area contributed by atoms with Crippen LogP contribution < -0.4 is 5.32 Å². The molecule has 0 aliphatic carbocycles. The summed E-state index contributed by atoms with van der Waals surface area (Å²) in [4.78, 5) is 26.3. The van der Waals surface area contributed by atoms with Crippen molar-refractivity contribution in [3.05, 3.63) is 18.0 Å². The summed E-state index contributed by atoms with van der Waals surface area (Å²) in [5, 5.41) is 6.99. The quantitative estimate of drug-likeness (QED) is 0.875. The Labute approximate surface area is 125 Å². The van der Waals surface area contributed by atoms with Crippen molar-refractivity contribution in [2.24, 2.45) is 7.05 Å². The van der Waals surface area contributed by atoms with Gasteiger partial charge in [-0.05, 0) is 25.3 Å². The maximum atomic E-state index is 12.6. The topological polar surface area (TPSA) is 67.2 Å². The van der Waals surface area contributed by atoms with E-state index in [2.05, 4.69) is 10.4 Å². The minimum Gasteiger partial charge on any atom is -0.344 e. The van der Waals surface area contributed by atoms with Gasteiger partial charge in [-0.1, -0.05) is 13.3 Å². The fraction of sp³-hybridized carbons (Fsp3) is 0.667. The third kappa shape index (κ3) is 3.83. The monoisotopic (exact) mass is 292 g/mol. The lowest BCUT2D eigenvalue weighted by Gasteiger charge is -2.28. The summed E-state index contributed by atoms with van der Waals surface area (Å²) in [5.74, 6) is 0.0114. The molecule has 1 aromatic heterocycles. The summed E-state index contributed by atoms with van der Waals surface area (Å²) in [5.41, 5.74) is 1.10. The standard InChI is InChI=1S/C15H24N4O2/c1-4-5-13-15(21)19(11(2)8-14(20)17-13)7-6-12-9-16-18(3)10-12/h9-11,13H,4-8H2,1-3H3,(H,17,20). The molecule has 0 bridgehead atoms. The van der Waals surface area contributed by atoms with E-state index in [0.29, 0.717) is 19.4 Å². The number of aryl methyl sites for hydroxylation is 1. The van der Waals surface area contributed by atoms with Gasteiger partial charge in [-0.2, -0.15) is 5.10 Å². The van der Waals surface area contributed by atoms with Gasteiger partial charge in [0, 0.05) is 32.3 Å². The number of hydrogen-bond donors (Lipinski definition) is 1. The van der Waals surface area contributed by atoms with Gasteiger partial charge >= 0.3 is 0 Å². The molecule has 0 radical (unpaired) electrons. The van der Waals surface area contributed by atoms with Gasteiger partial charge in [-0.15, -0.1) is 0 Å². The van der Waals surface area contributed by atoms with Crippen LogP contribution in [0.4, 0.5) is 0 Å². The Morgan fingerprint density at radius 3 is 2.81 bits per heavy atom. The van der Waals surface area contributed by atoms with Crippen LogP contribution in [0.3, 0.4) is 0 Å². The average Bonchev–Trinajstić information content (AvgIpc) is 2.79. The number of aromatic nitrogens is 2. The van der Waals surface area contributed by atoms with Crippen molar-refractivity contribution in [3.63, 3.8) is 0 Å². The van der Waals surface area contributed by atoms with Gasteiger partial charge in [0.15, 0.2) is 0 Å². The molecule has 2 unspecified atom stereocenters. The van der Waals surface area contributed by atoms with Crippen molar-refractivity contribution in [1.29, 1.82) is 0 Å². The third-order valence-electron chi connectivity index (χ3n) is 3.91. The highest BCUT2D eigenvalue weighted by atomic mass is 16.2. The van der Waals surface area contributed by atoms with Crippen molar-refractivity contribution in [3.8, 4) is 0 Å². The molecule has 116 valence electrons. The lowest BCUT2D eigenvalue weighted by Crippen LogP contribution is -2.47. The number of nitrogens with one attached hydrogen (secondary N) is 1. The summed E-state index contributed by atoms with van der Waals surface area (Å²) in [6, 6.07) is -0.433. The number of carbonyl (C=O) groups is 2. The van der Waals surface area contributed by atoms with Crippen LogP contribution in [-0.2, 0) is 23.1 Å². The minimum atomic E-state index is -0.374. The first-order valence-electron chi connectivity index (χ1n) is 7.58. The van der Waals surface area contributed by atoms with Crippen LogP contribution in [0.25, 0.3) is 0 Å². The predicted molar refractivity (Wildman–Crippen MR) is 79.5 cm³/mol. The first kappa shape index (κ1) is 15.5. The van der Waals surface area contributed by atoms with Gasteiger partial charge < -0.3 is 10.2 Å². The minimum absolute atomic E-state index is 0.0295. The van der Waals surface area contributed by atoms with Crippen LogP contribution in [0.1, 0.15) is 38.7 Å². The molecule has 6 nitrogen and oxygen atoms in total. The highest BCUT2D eigenvalue weighted by Gasteiger charge is 2.32. The van der Waals surface area contributed by atoms with Crippen molar-refractivity contribution in [1.82, 2.24) is 20.0 Å². The molecular weight excluding hydrogens is 268 g/mol. The zero-order valence-electron chi connectivity index (χ0n) is 13.0. The van der Waals surface area contributed by atoms with Crippen molar-refractivity contribution in [2.45, 2.75) is 51.6 Å². The molecule has 2 rings (SSSR count). The maximum absolute atomic E-state index is 12.6. The van der Waals surface area contributed by atoms with E-state index < -0.39 is 0 Å². The Morgan fingerprint density at radius 1 is 1.43 bits per heavy atom. The second-order valence-corrected chi connectivity index (χ2v) is 5.77. The fourth-order valence-corrected chi connectivity index (χ4v) is 2.78. The summed E-state index contributed by atoms with van der Waals surface area (Å²) in [6.07, 6.45) is 6.48. The predicted octanol–water partition coefficient (Wildman–Crippen LogP) is 0.868. The number of nitrogens with zero attached hydrogens (tertiary/aromatic N) is 3. The Balaban J connectivity index is 2.06. The van der Waals surface area contributed by atoms with Gasteiger partial charge in [0.1, 0.15) is 6.04 Å². The van der Waals surface area contributed by atoms with Crippen LogP contribution in [0.2, 0.25) is 0 Å². The van der Waals surface area contributed by atoms with Crippen LogP contribution in [0.5, 0.6) is 0 Å². The largest absolute Gasteiger partial charge is 0.344 e. The van der Waals surface area contributed by atoms with Crippen LogP contribution in [0, 0.1) is 0 Å². The van der Waals surface area contributed by atoms with Gasteiger partial charge in [0.25, 0.3) is 0 Å². The number of carbonyl (C=O) groups excluding carboxylic acids is 2. The Kier molecular flexibility index (Phi) is 4.98.